The van der Waals surface area contributed by atoms with Gasteiger partial charge in [-0.25, -0.2) is 0 Å². The molecule has 16 heavy (non-hydrogen) atoms. The normalized spacial score (nSPS) is 6.50. The van der Waals surface area contributed by atoms with Gasteiger partial charge in [0, 0.05) is 11.5 Å². The molecule has 0 spiro atoms. The molecule has 0 bridgehead atoms. The maximum absolute atomic E-state index is 9.18. The number of aliphatic hydroxyl groups is 2. The molecule has 0 heterocycles. The van der Waals surface area contributed by atoms with Crippen LogP contribution in [0.4, 0.5) is 0 Å². The number of aliphatic carboxylic acids is 2. The molecule has 0 aliphatic heterocycles. The van der Waals surface area contributed by atoms with E-state index in [1.165, 1.54) is 0 Å². The molecule has 6 nitrogen and oxygen atoms in total. The van der Waals surface area contributed by atoms with Crippen LogP contribution in [-0.4, -0.2) is 46.9 Å². The molecule has 0 aliphatic carbocycles. The van der Waals surface area contributed by atoms with Crippen molar-refractivity contribution in [2.24, 2.45) is 0 Å². The monoisotopic (exact) mass is 290 g/mol. The van der Waals surface area contributed by atoms with E-state index in [-0.39, 0.29) is 83.8 Å². The largest absolute Gasteiger partial charge is 1.00 e. The summed E-state index contributed by atoms with van der Waals surface area (Å²) in [6.45, 7) is -0.250. The Balaban J connectivity index is -0.0000000358. The van der Waals surface area contributed by atoms with E-state index in [9.17, 15) is 19.8 Å². The fourth-order valence-corrected chi connectivity index (χ4v) is 0. The number of hydrogen-bond acceptors (Lipinski definition) is 8. The third-order valence-corrected chi connectivity index (χ3v) is 0.875. The Morgan fingerprint density at radius 3 is 1.00 bits per heavy atom. The van der Waals surface area contributed by atoms with Crippen molar-refractivity contribution in [3.63, 3.8) is 0 Å². The van der Waals surface area contributed by atoms with Crippen LogP contribution in [-0.2, 0) is 9.59 Å². The van der Waals surface area contributed by atoms with Crippen LogP contribution < -0.4 is 69.3 Å². The van der Waals surface area contributed by atoms with E-state index < -0.39 is 11.9 Å². The minimum atomic E-state index is -1.13. The van der Waals surface area contributed by atoms with E-state index in [0.29, 0.717) is 0 Å². The molecule has 10 heteroatoms. The van der Waals surface area contributed by atoms with Gasteiger partial charge >= 0.3 is 59.1 Å². The van der Waals surface area contributed by atoms with Crippen LogP contribution >= 0.6 is 25.3 Å². The van der Waals surface area contributed by atoms with E-state index in [4.69, 9.17) is 10.2 Å². The second-order valence-electron chi connectivity index (χ2n) is 1.51. The van der Waals surface area contributed by atoms with Crippen molar-refractivity contribution in [2.75, 3.05) is 24.7 Å². The van der Waals surface area contributed by atoms with Crippen molar-refractivity contribution in [1.82, 2.24) is 0 Å². The number of carboxylic acids is 2. The molecule has 0 rings (SSSR count). The third kappa shape index (κ3) is 76.7. The van der Waals surface area contributed by atoms with Gasteiger partial charge in [0.2, 0.25) is 0 Å². The molecule has 0 unspecified atom stereocenters. The number of carboxylic acid groups (broad SMARTS) is 2. The minimum Gasteiger partial charge on any atom is -0.549 e. The van der Waals surface area contributed by atoms with Gasteiger partial charge in [0.05, 0.1) is 25.2 Å². The first-order valence-electron chi connectivity index (χ1n) is 3.29. The topological polar surface area (TPSA) is 121 Å². The Labute approximate surface area is 149 Å². The summed E-state index contributed by atoms with van der Waals surface area (Å²) >= 11 is 6.71. The van der Waals surface area contributed by atoms with Crippen molar-refractivity contribution in [3.8, 4) is 0 Å². The number of thiol groups is 2. The summed E-state index contributed by atoms with van der Waals surface area (Å²) in [5.74, 6) is -2.65. The first kappa shape index (κ1) is 30.5. The molecule has 0 aromatic carbocycles. The van der Waals surface area contributed by atoms with E-state index in [1.54, 1.807) is 0 Å². The van der Waals surface area contributed by atoms with Gasteiger partial charge in [-0.3, -0.25) is 0 Å². The molecule has 0 saturated heterocycles. The second kappa shape index (κ2) is 30.0. The Hall–Kier alpha value is 1.56. The van der Waals surface area contributed by atoms with Gasteiger partial charge in [0.25, 0.3) is 0 Å². The molecular weight excluding hydrogens is 278 g/mol. The van der Waals surface area contributed by atoms with Gasteiger partial charge in [-0.05, 0) is 0 Å². The van der Waals surface area contributed by atoms with Crippen LogP contribution in [0.15, 0.2) is 0 Å². The summed E-state index contributed by atoms with van der Waals surface area (Å²) < 4.78 is 0. The molecular formula is C6H12Na2O6S2. The molecule has 0 aromatic rings. The van der Waals surface area contributed by atoms with Crippen molar-refractivity contribution < 1.29 is 89.1 Å². The van der Waals surface area contributed by atoms with E-state index in [2.05, 4.69) is 25.3 Å². The fourth-order valence-electron chi connectivity index (χ4n) is 0. The molecule has 0 aromatic heterocycles. The second-order valence-corrected chi connectivity index (χ2v) is 2.14. The summed E-state index contributed by atoms with van der Waals surface area (Å²) in [4.78, 5) is 18.4. The molecule has 86 valence electrons. The summed E-state index contributed by atoms with van der Waals surface area (Å²) in [6.07, 6.45) is 0. The van der Waals surface area contributed by atoms with Crippen molar-refractivity contribution >= 4 is 37.2 Å². The molecule has 0 atom stereocenters. The van der Waals surface area contributed by atoms with E-state index in [1.807, 2.05) is 0 Å². The first-order valence-corrected chi connectivity index (χ1v) is 4.55. The average molecular weight is 290 g/mol. The molecule has 2 N–H and O–H groups in total. The zero-order valence-corrected chi connectivity index (χ0v) is 15.0. The number of rotatable bonds is 3. The van der Waals surface area contributed by atoms with Crippen molar-refractivity contribution in [3.05, 3.63) is 0 Å². The molecule has 0 amide bonds. The predicted molar refractivity (Wildman–Crippen MR) is 51.9 cm³/mol. The zero-order chi connectivity index (χ0) is 12.0. The predicted octanol–water partition coefficient (Wildman–Crippen LogP) is -9.69. The van der Waals surface area contributed by atoms with Gasteiger partial charge in [0.1, 0.15) is 0 Å². The maximum atomic E-state index is 9.18. The summed E-state index contributed by atoms with van der Waals surface area (Å²) in [7, 11) is 0. The summed E-state index contributed by atoms with van der Waals surface area (Å²) in [5.41, 5.74) is 0. The van der Waals surface area contributed by atoms with E-state index >= 15 is 0 Å². The van der Waals surface area contributed by atoms with Gasteiger partial charge in [0.15, 0.2) is 0 Å². The Kier molecular flexibility index (Phi) is 57.2. The molecule has 0 radical (unpaired) electrons. The molecule has 0 aliphatic rings. The van der Waals surface area contributed by atoms with Crippen molar-refractivity contribution in [1.29, 1.82) is 0 Å². The molecule has 0 saturated carbocycles. The van der Waals surface area contributed by atoms with Gasteiger partial charge in [-0.2, -0.15) is 25.3 Å². The van der Waals surface area contributed by atoms with Crippen LogP contribution in [0.5, 0.6) is 0 Å². The Morgan fingerprint density at radius 1 is 0.875 bits per heavy atom. The number of aliphatic hydroxyl groups excluding tert-OH is 2. The summed E-state index contributed by atoms with van der Waals surface area (Å²) in [5, 5.41) is 33.6. The molecule has 0 fully saturated rings. The maximum Gasteiger partial charge on any atom is 1.00 e. The third-order valence-electron chi connectivity index (χ3n) is 0.358. The smallest absolute Gasteiger partial charge is 0.549 e. The van der Waals surface area contributed by atoms with Crippen LogP contribution in [0.1, 0.15) is 0 Å². The SMILES string of the molecule is O=C([O-])CS.O=C([O-])CS.OCCO.[Na+].[Na+]. The van der Waals surface area contributed by atoms with Crippen molar-refractivity contribution in [2.45, 2.75) is 0 Å². The van der Waals surface area contributed by atoms with Crippen LogP contribution in [0.3, 0.4) is 0 Å². The Bertz CT molecular complexity index is 133. The zero-order valence-electron chi connectivity index (χ0n) is 9.25. The summed E-state index contributed by atoms with van der Waals surface area (Å²) in [6, 6.07) is 0. The van der Waals surface area contributed by atoms with Gasteiger partial charge < -0.3 is 30.0 Å². The van der Waals surface area contributed by atoms with Crippen LogP contribution in [0.25, 0.3) is 0 Å². The van der Waals surface area contributed by atoms with E-state index in [0.717, 1.165) is 0 Å². The average Bonchev–Trinajstić information content (AvgIpc) is 2.19. The standard InChI is InChI=1S/2C2H4O2S.C2H6O2.2Na/c2*3-2(4)1-5;3-1-2-4;;/h2*5H,1H2,(H,3,4);3-4H,1-2H2;;/q;;;2*+1/p-2. The number of carbonyl (C=O) groups excluding carboxylic acids is 2. The van der Waals surface area contributed by atoms with Crippen LogP contribution in [0, 0.1) is 0 Å². The minimum absolute atomic E-state index is 0. The van der Waals surface area contributed by atoms with Crippen LogP contribution in [0.2, 0.25) is 0 Å². The van der Waals surface area contributed by atoms with Gasteiger partial charge in [-0.15, -0.1) is 0 Å². The fraction of sp³-hybridized carbons (Fsp3) is 0.667. The number of carbonyl (C=O) groups is 2. The Morgan fingerprint density at radius 2 is 1.00 bits per heavy atom. The first-order chi connectivity index (χ1) is 6.45. The van der Waals surface area contributed by atoms with Gasteiger partial charge in [-0.1, -0.05) is 0 Å². The quantitative estimate of drug-likeness (QED) is 0.302. The number of hydrogen-bond donors (Lipinski definition) is 4.